The average Bonchev–Trinajstić information content (AvgIpc) is 2.04. The summed E-state index contributed by atoms with van der Waals surface area (Å²) in [5, 5.41) is 30.3. The van der Waals surface area contributed by atoms with Gasteiger partial charge in [0.25, 0.3) is 0 Å². The monoisotopic (exact) mass is 348 g/mol. The van der Waals surface area contributed by atoms with Crippen molar-refractivity contribution in [2.75, 3.05) is 26.4 Å². The second-order valence-electron chi connectivity index (χ2n) is 1.86. The molecule has 0 aromatic heterocycles. The van der Waals surface area contributed by atoms with Crippen molar-refractivity contribution in [1.29, 1.82) is 0 Å². The highest BCUT2D eigenvalue weighted by atomic mass is 28.4. The van der Waals surface area contributed by atoms with Crippen LogP contribution in [0, 0.1) is 0 Å². The lowest BCUT2D eigenvalue weighted by Crippen LogP contribution is -2.33. The molecule has 0 aromatic rings. The van der Waals surface area contributed by atoms with Crippen LogP contribution in [0.4, 0.5) is 0 Å². The highest BCUT2D eigenvalue weighted by Crippen LogP contribution is 1.67. The maximum absolute atomic E-state index is 7.57. The van der Waals surface area contributed by atoms with Crippen molar-refractivity contribution < 1.29 is 39.6 Å². The Bertz CT molecular complexity index is 79.2. The fourth-order valence-electron chi connectivity index (χ4n) is 0. The molecule has 20 N–H and O–H groups in total. The maximum Gasteiger partial charge on any atom is 0.668 e. The smallest absolute Gasteiger partial charge is 0.397 e. The van der Waals surface area contributed by atoms with Gasteiger partial charge in [-0.25, -0.2) is 0 Å². The van der Waals surface area contributed by atoms with Gasteiger partial charge in [0.15, 0.2) is 0 Å². The molecule has 0 bridgehead atoms. The molecule has 0 spiro atoms. The molecule has 0 saturated heterocycles. The highest BCUT2D eigenvalue weighted by molar-refractivity contribution is 6.46. The molecule has 0 radical (unpaired) electrons. The lowest BCUT2D eigenvalue weighted by Gasteiger charge is -1.91. The van der Waals surface area contributed by atoms with Gasteiger partial charge in [-0.1, -0.05) is 0 Å². The molecule has 144 valence electrons. The van der Waals surface area contributed by atoms with Crippen LogP contribution in [0.1, 0.15) is 27.7 Å². The van der Waals surface area contributed by atoms with Crippen LogP contribution in [0.2, 0.25) is 0 Å². The van der Waals surface area contributed by atoms with Gasteiger partial charge in [0.2, 0.25) is 0 Å². The normalized spacial score (nSPS) is 6.29. The van der Waals surface area contributed by atoms with Crippen molar-refractivity contribution in [3.05, 3.63) is 0 Å². The molecule has 0 aromatic carbocycles. The number of aliphatic hydroxyl groups is 4. The SMILES string of the molecule is CCO.CCO.CCO.CCO.N.N.N.N.O[Si](O)(O)O. The molecule has 0 aliphatic rings. The number of hydrogen-bond donors (Lipinski definition) is 12. The Balaban J connectivity index is -0.0000000119. The second-order valence-corrected chi connectivity index (χ2v) is 3.06. The Morgan fingerprint density at radius 2 is 0.476 bits per heavy atom. The molecule has 0 fully saturated rings. The Kier molecular flexibility index (Phi) is 204. The van der Waals surface area contributed by atoms with E-state index in [0.29, 0.717) is 0 Å². The van der Waals surface area contributed by atoms with Crippen LogP contribution < -0.4 is 24.6 Å². The quantitative estimate of drug-likeness (QED) is 0.212. The summed E-state index contributed by atoms with van der Waals surface area (Å²) in [7, 11) is -4.61. The van der Waals surface area contributed by atoms with E-state index in [1.54, 1.807) is 27.7 Å². The van der Waals surface area contributed by atoms with E-state index in [1.165, 1.54) is 0 Å². The minimum atomic E-state index is -4.61. The van der Waals surface area contributed by atoms with Gasteiger partial charge in [-0.15, -0.1) is 0 Å². The molecule has 21 heavy (non-hydrogen) atoms. The predicted octanol–water partition coefficient (Wildman–Crippen LogP) is -1.97. The summed E-state index contributed by atoms with van der Waals surface area (Å²) in [6.45, 7) is 7.72. The van der Waals surface area contributed by atoms with E-state index in [0.717, 1.165) is 0 Å². The molecular weight excluding hydrogens is 308 g/mol. The van der Waals surface area contributed by atoms with Crippen molar-refractivity contribution in [2.45, 2.75) is 27.7 Å². The van der Waals surface area contributed by atoms with E-state index in [4.69, 9.17) is 39.6 Å². The Morgan fingerprint density at radius 3 is 0.476 bits per heavy atom. The molecule has 0 aliphatic heterocycles. The second kappa shape index (κ2) is 73.1. The van der Waals surface area contributed by atoms with Gasteiger partial charge >= 0.3 is 9.05 Å². The van der Waals surface area contributed by atoms with E-state index in [9.17, 15) is 0 Å². The fourth-order valence-corrected chi connectivity index (χ4v) is 0. The van der Waals surface area contributed by atoms with Gasteiger partial charge in [0.1, 0.15) is 0 Å². The predicted molar refractivity (Wildman–Crippen MR) is 85.8 cm³/mol. The summed E-state index contributed by atoms with van der Waals surface area (Å²) < 4.78 is 0. The molecule has 13 heteroatoms. The van der Waals surface area contributed by atoms with Gasteiger partial charge in [0, 0.05) is 26.4 Å². The summed E-state index contributed by atoms with van der Waals surface area (Å²) in [6.07, 6.45) is 0. The molecule has 12 nitrogen and oxygen atoms in total. The zero-order chi connectivity index (χ0) is 15.3. The third kappa shape index (κ3) is 89700. The van der Waals surface area contributed by atoms with E-state index in [1.807, 2.05) is 0 Å². The lowest BCUT2D eigenvalue weighted by atomic mass is 10.9. The Labute approximate surface area is 128 Å². The summed E-state index contributed by atoms with van der Waals surface area (Å²) in [6, 6.07) is 0. The zero-order valence-corrected chi connectivity index (χ0v) is 14.7. The van der Waals surface area contributed by atoms with Crippen molar-refractivity contribution in [3.8, 4) is 0 Å². The first-order valence-corrected chi connectivity index (χ1v) is 6.78. The fraction of sp³-hybridized carbons (Fsp3) is 1.00. The van der Waals surface area contributed by atoms with E-state index in [-0.39, 0.29) is 51.0 Å². The van der Waals surface area contributed by atoms with Gasteiger partial charge < -0.3 is 64.2 Å². The van der Waals surface area contributed by atoms with Crippen LogP contribution in [0.25, 0.3) is 0 Å². The summed E-state index contributed by atoms with van der Waals surface area (Å²) in [5.74, 6) is 0. The van der Waals surface area contributed by atoms with Crippen LogP contribution in [-0.2, 0) is 0 Å². The highest BCUT2D eigenvalue weighted by Gasteiger charge is 2.22. The maximum atomic E-state index is 7.57. The van der Waals surface area contributed by atoms with Crippen molar-refractivity contribution >= 4 is 9.05 Å². The third-order valence-corrected chi connectivity index (χ3v) is 0. The van der Waals surface area contributed by atoms with E-state index < -0.39 is 9.05 Å². The topological polar surface area (TPSA) is 302 Å². The largest absolute Gasteiger partial charge is 0.668 e. The summed E-state index contributed by atoms with van der Waals surface area (Å²) >= 11 is 0. The molecule has 0 unspecified atom stereocenters. The molecule has 0 heterocycles. The minimum Gasteiger partial charge on any atom is -0.397 e. The van der Waals surface area contributed by atoms with Crippen molar-refractivity contribution in [3.63, 3.8) is 0 Å². The van der Waals surface area contributed by atoms with Crippen molar-refractivity contribution in [2.24, 2.45) is 0 Å². The van der Waals surface area contributed by atoms with Gasteiger partial charge in [0.05, 0.1) is 0 Å². The van der Waals surface area contributed by atoms with E-state index >= 15 is 0 Å². The number of aliphatic hydroxyl groups excluding tert-OH is 4. The van der Waals surface area contributed by atoms with Crippen LogP contribution in [-0.4, -0.2) is 75.1 Å². The van der Waals surface area contributed by atoms with Crippen LogP contribution in [0.3, 0.4) is 0 Å². The van der Waals surface area contributed by atoms with Crippen LogP contribution in [0.5, 0.6) is 0 Å². The third-order valence-electron chi connectivity index (χ3n) is 0. The Hall–Kier alpha value is -0.263. The molecule has 0 atom stereocenters. The number of rotatable bonds is 0. The molecular formula is C8H40N4O8Si. The average molecular weight is 349 g/mol. The first kappa shape index (κ1) is 58.6. The lowest BCUT2D eigenvalue weighted by molar-refractivity contribution is 0.117. The molecule has 0 amide bonds. The first-order valence-electron chi connectivity index (χ1n) is 4.99. The van der Waals surface area contributed by atoms with Gasteiger partial charge in [-0.2, -0.15) is 0 Å². The molecule has 0 aliphatic carbocycles. The minimum absolute atomic E-state index is 0. The number of hydrogen-bond acceptors (Lipinski definition) is 12. The molecule has 0 rings (SSSR count). The first-order chi connectivity index (χ1) is 7.66. The molecule has 0 saturated carbocycles. The van der Waals surface area contributed by atoms with Gasteiger partial charge in [-0.05, 0) is 27.7 Å². The summed E-state index contributed by atoms with van der Waals surface area (Å²) in [5.41, 5.74) is 0. The zero-order valence-electron chi connectivity index (χ0n) is 13.7. The van der Waals surface area contributed by atoms with Gasteiger partial charge in [-0.3, -0.25) is 0 Å². The standard InChI is InChI=1S/4C2H6O.4H3N.H4O4Si/c4*1-2-3;;;;;1-5(2,3)4/h4*3H,2H2,1H3;4*1H3;1-4H. The van der Waals surface area contributed by atoms with E-state index in [2.05, 4.69) is 0 Å². The van der Waals surface area contributed by atoms with Crippen molar-refractivity contribution in [1.82, 2.24) is 24.6 Å². The van der Waals surface area contributed by atoms with Crippen LogP contribution >= 0.6 is 0 Å². The summed E-state index contributed by atoms with van der Waals surface area (Å²) in [4.78, 5) is 29.3. The Morgan fingerprint density at radius 1 is 0.476 bits per heavy atom. The van der Waals surface area contributed by atoms with Crippen LogP contribution in [0.15, 0.2) is 0 Å².